The summed E-state index contributed by atoms with van der Waals surface area (Å²) in [6.07, 6.45) is 8.47. The van der Waals surface area contributed by atoms with Crippen LogP contribution in [0.5, 0.6) is 0 Å². The van der Waals surface area contributed by atoms with E-state index in [-0.39, 0.29) is 5.91 Å². The lowest BCUT2D eigenvalue weighted by molar-refractivity contribution is -0.120. The first-order valence-corrected chi connectivity index (χ1v) is 9.93. The number of hydrogen-bond donors (Lipinski definition) is 1. The van der Waals surface area contributed by atoms with Crippen LogP contribution in [-0.2, 0) is 17.8 Å². The van der Waals surface area contributed by atoms with E-state index in [0.29, 0.717) is 13.0 Å². The van der Waals surface area contributed by atoms with Gasteiger partial charge in [0.1, 0.15) is 5.82 Å². The normalized spacial score (nSPS) is 15.5. The molecule has 4 rings (SSSR count). The van der Waals surface area contributed by atoms with Crippen LogP contribution in [0.25, 0.3) is 4.96 Å². The van der Waals surface area contributed by atoms with Crippen LogP contribution in [-0.4, -0.2) is 33.4 Å². The number of aromatic nitrogens is 3. The number of hydrogen-bond acceptors (Lipinski definition) is 5. The highest BCUT2D eigenvalue weighted by molar-refractivity contribution is 7.15. The third-order valence-corrected chi connectivity index (χ3v) is 5.66. The molecule has 136 valence electrons. The molecule has 1 N–H and O–H groups in total. The van der Waals surface area contributed by atoms with Crippen molar-refractivity contribution in [1.82, 2.24) is 19.7 Å². The molecule has 1 saturated heterocycles. The summed E-state index contributed by atoms with van der Waals surface area (Å²) in [5.74, 6) is 1.82. The lowest BCUT2D eigenvalue weighted by Crippen LogP contribution is -2.33. The van der Waals surface area contributed by atoms with Crippen molar-refractivity contribution in [1.29, 1.82) is 0 Å². The molecule has 1 aliphatic heterocycles. The summed E-state index contributed by atoms with van der Waals surface area (Å²) < 4.78 is 1.94. The maximum Gasteiger partial charge on any atom is 0.226 e. The van der Waals surface area contributed by atoms with E-state index in [9.17, 15) is 4.79 Å². The third kappa shape index (κ3) is 3.88. The predicted octanol–water partition coefficient (Wildman–Crippen LogP) is 2.89. The molecule has 26 heavy (non-hydrogen) atoms. The smallest absolute Gasteiger partial charge is 0.226 e. The topological polar surface area (TPSA) is 62.5 Å². The number of nitrogens with one attached hydrogen (secondary N) is 1. The van der Waals surface area contributed by atoms with Gasteiger partial charge in [0.25, 0.3) is 0 Å². The zero-order chi connectivity index (χ0) is 17.9. The molecule has 1 fully saturated rings. The van der Waals surface area contributed by atoms with Crippen molar-refractivity contribution >= 4 is 28.0 Å². The van der Waals surface area contributed by atoms with Crippen LogP contribution in [0.1, 0.15) is 31.0 Å². The molecular weight excluding hydrogens is 346 g/mol. The lowest BCUT2D eigenvalue weighted by Gasteiger charge is -2.31. The predicted molar refractivity (Wildman–Crippen MR) is 103 cm³/mol. The van der Waals surface area contributed by atoms with Gasteiger partial charge in [-0.25, -0.2) is 9.97 Å². The molecule has 3 aromatic rings. The number of imidazole rings is 1. The molecule has 0 saturated carbocycles. The fourth-order valence-electron chi connectivity index (χ4n) is 3.23. The van der Waals surface area contributed by atoms with E-state index < -0.39 is 0 Å². The fourth-order valence-corrected chi connectivity index (χ4v) is 3.95. The van der Waals surface area contributed by atoms with E-state index in [1.54, 1.807) is 11.3 Å². The minimum Gasteiger partial charge on any atom is -0.357 e. The molecule has 0 aliphatic carbocycles. The Bertz CT molecular complexity index is 848. The first-order chi connectivity index (χ1) is 12.7. The van der Waals surface area contributed by atoms with Crippen molar-refractivity contribution in [3.05, 3.63) is 47.4 Å². The first kappa shape index (κ1) is 17.0. The van der Waals surface area contributed by atoms with Gasteiger partial charge in [-0.1, -0.05) is 13.0 Å². The number of rotatable bonds is 5. The van der Waals surface area contributed by atoms with Crippen LogP contribution < -0.4 is 10.2 Å². The SMILES string of the molecule is CC1CCN(c2ccc(CNC(=O)Cc3cn4ccsc4n3)cn2)CC1. The summed E-state index contributed by atoms with van der Waals surface area (Å²) in [5.41, 5.74) is 1.81. The standard InChI is InChI=1S/C19H23N5OS/c1-14-4-6-23(7-5-14)17-3-2-15(11-20-17)12-21-18(25)10-16-13-24-8-9-26-19(24)22-16/h2-3,8-9,11,13-14H,4-7,10,12H2,1H3,(H,21,25). The average Bonchev–Trinajstić information content (AvgIpc) is 3.23. The quantitative estimate of drug-likeness (QED) is 0.751. The van der Waals surface area contributed by atoms with Gasteiger partial charge in [-0.2, -0.15) is 0 Å². The number of amides is 1. The molecule has 0 radical (unpaired) electrons. The van der Waals surface area contributed by atoms with E-state index >= 15 is 0 Å². The van der Waals surface area contributed by atoms with Crippen LogP contribution in [0.3, 0.4) is 0 Å². The van der Waals surface area contributed by atoms with E-state index in [1.807, 2.05) is 34.4 Å². The molecule has 1 aliphatic rings. The first-order valence-electron chi connectivity index (χ1n) is 9.05. The van der Waals surface area contributed by atoms with Gasteiger partial charge in [0.15, 0.2) is 4.96 Å². The minimum atomic E-state index is -0.0233. The van der Waals surface area contributed by atoms with E-state index in [0.717, 1.165) is 41.0 Å². The molecule has 0 atom stereocenters. The Morgan fingerprint density at radius 3 is 2.92 bits per heavy atom. The Morgan fingerprint density at radius 1 is 1.35 bits per heavy atom. The number of fused-ring (bicyclic) bond motifs is 1. The summed E-state index contributed by atoms with van der Waals surface area (Å²) in [6, 6.07) is 4.11. The maximum absolute atomic E-state index is 12.1. The Balaban J connectivity index is 1.28. The van der Waals surface area contributed by atoms with Gasteiger partial charge in [-0.05, 0) is 30.4 Å². The van der Waals surface area contributed by atoms with E-state index in [4.69, 9.17) is 0 Å². The summed E-state index contributed by atoms with van der Waals surface area (Å²) >= 11 is 1.57. The zero-order valence-electron chi connectivity index (χ0n) is 14.9. The molecule has 4 heterocycles. The second-order valence-electron chi connectivity index (χ2n) is 6.97. The van der Waals surface area contributed by atoms with Gasteiger partial charge >= 0.3 is 0 Å². The van der Waals surface area contributed by atoms with Crippen molar-refractivity contribution < 1.29 is 4.79 Å². The van der Waals surface area contributed by atoms with Crippen LogP contribution in [0, 0.1) is 5.92 Å². The van der Waals surface area contributed by atoms with Gasteiger partial charge in [-0.15, -0.1) is 11.3 Å². The second kappa shape index (κ2) is 7.45. The van der Waals surface area contributed by atoms with Crippen molar-refractivity contribution in [2.24, 2.45) is 5.92 Å². The van der Waals surface area contributed by atoms with Gasteiger partial charge in [0.05, 0.1) is 12.1 Å². The maximum atomic E-state index is 12.1. The fraction of sp³-hybridized carbons (Fsp3) is 0.421. The van der Waals surface area contributed by atoms with Gasteiger partial charge in [0, 0.05) is 43.6 Å². The molecule has 0 unspecified atom stereocenters. The summed E-state index contributed by atoms with van der Waals surface area (Å²) in [5, 5.41) is 4.93. The third-order valence-electron chi connectivity index (χ3n) is 4.89. The monoisotopic (exact) mass is 369 g/mol. The number of carbonyl (C=O) groups excluding carboxylic acids is 1. The molecule has 3 aromatic heterocycles. The average molecular weight is 369 g/mol. The molecule has 7 heteroatoms. The summed E-state index contributed by atoms with van der Waals surface area (Å²) in [7, 11) is 0. The van der Waals surface area contributed by atoms with Crippen LogP contribution in [0.4, 0.5) is 5.82 Å². The van der Waals surface area contributed by atoms with Crippen LogP contribution >= 0.6 is 11.3 Å². The number of piperidine rings is 1. The van der Waals surface area contributed by atoms with Crippen LogP contribution in [0.2, 0.25) is 0 Å². The minimum absolute atomic E-state index is 0.0233. The Morgan fingerprint density at radius 2 is 2.19 bits per heavy atom. The highest BCUT2D eigenvalue weighted by Crippen LogP contribution is 2.21. The van der Waals surface area contributed by atoms with Crippen molar-refractivity contribution in [3.63, 3.8) is 0 Å². The zero-order valence-corrected chi connectivity index (χ0v) is 15.7. The van der Waals surface area contributed by atoms with Crippen LogP contribution in [0.15, 0.2) is 36.1 Å². The molecule has 6 nitrogen and oxygen atoms in total. The Kier molecular flexibility index (Phi) is 4.88. The molecule has 0 bridgehead atoms. The number of carbonyl (C=O) groups is 1. The van der Waals surface area contributed by atoms with Crippen molar-refractivity contribution in [2.75, 3.05) is 18.0 Å². The Labute approximate surface area is 156 Å². The van der Waals surface area contributed by atoms with Gasteiger partial charge in [-0.3, -0.25) is 9.20 Å². The van der Waals surface area contributed by atoms with Gasteiger partial charge in [0.2, 0.25) is 5.91 Å². The highest BCUT2D eigenvalue weighted by atomic mass is 32.1. The number of thiazole rings is 1. The van der Waals surface area contributed by atoms with Crippen molar-refractivity contribution in [2.45, 2.75) is 32.7 Å². The highest BCUT2D eigenvalue weighted by Gasteiger charge is 2.16. The van der Waals surface area contributed by atoms with Crippen molar-refractivity contribution in [3.8, 4) is 0 Å². The van der Waals surface area contributed by atoms with Gasteiger partial charge < -0.3 is 10.2 Å². The molecular formula is C19H23N5OS. The molecule has 0 spiro atoms. The van der Waals surface area contributed by atoms with E-state index in [1.165, 1.54) is 12.8 Å². The largest absolute Gasteiger partial charge is 0.357 e. The summed E-state index contributed by atoms with van der Waals surface area (Å²) in [4.78, 5) is 24.4. The number of anilines is 1. The number of nitrogens with zero attached hydrogens (tertiary/aromatic N) is 4. The summed E-state index contributed by atoms with van der Waals surface area (Å²) in [6.45, 7) is 4.95. The van der Waals surface area contributed by atoms with E-state index in [2.05, 4.69) is 33.2 Å². The number of pyridine rings is 1. The Hall–Kier alpha value is -2.41. The second-order valence-corrected chi connectivity index (χ2v) is 7.85. The molecule has 1 amide bonds. The lowest BCUT2D eigenvalue weighted by atomic mass is 9.99. The molecule has 0 aromatic carbocycles.